The molecule has 0 saturated carbocycles. The molecule has 2 rings (SSSR count). The maximum atomic E-state index is 11.9. The Morgan fingerprint density at radius 2 is 2.08 bits per heavy atom. The molecule has 1 amide bonds. The third-order valence-corrected chi connectivity index (χ3v) is 3.73. The summed E-state index contributed by atoms with van der Waals surface area (Å²) in [5, 5.41) is 7.54. The van der Waals surface area contributed by atoms with Crippen LogP contribution in [-0.2, 0) is 16.1 Å². The Balaban J connectivity index is 1.82. The van der Waals surface area contributed by atoms with Crippen molar-refractivity contribution in [1.29, 1.82) is 0 Å². The molecular formula is C18H20ClN3O2. The fourth-order valence-corrected chi connectivity index (χ4v) is 2.36. The number of hydrogen-bond donors (Lipinski definition) is 1. The molecule has 2 aromatic rings. The van der Waals surface area contributed by atoms with E-state index >= 15 is 0 Å². The fourth-order valence-electron chi connectivity index (χ4n) is 2.16. The van der Waals surface area contributed by atoms with Crippen molar-refractivity contribution in [2.24, 2.45) is 0 Å². The predicted molar refractivity (Wildman–Crippen MR) is 95.9 cm³/mol. The second-order valence-electron chi connectivity index (χ2n) is 5.50. The van der Waals surface area contributed by atoms with Gasteiger partial charge >= 0.3 is 0 Å². The maximum Gasteiger partial charge on any atom is 0.248 e. The van der Waals surface area contributed by atoms with Crippen LogP contribution in [0.15, 0.2) is 42.7 Å². The fraction of sp³-hybridized carbons (Fsp3) is 0.278. The largest absolute Gasteiger partial charge is 0.320 e. The highest BCUT2D eigenvalue weighted by Gasteiger charge is 2.03. The molecule has 1 aromatic heterocycles. The average molecular weight is 346 g/mol. The minimum absolute atomic E-state index is 0.203. The molecule has 1 N–H and O–H groups in total. The van der Waals surface area contributed by atoms with Gasteiger partial charge < -0.3 is 10.1 Å². The molecule has 0 aliphatic rings. The second kappa shape index (κ2) is 9.03. The zero-order chi connectivity index (χ0) is 17.4. The molecule has 0 radical (unpaired) electrons. The Morgan fingerprint density at radius 3 is 2.83 bits per heavy atom. The molecule has 1 heterocycles. The van der Waals surface area contributed by atoms with Crippen molar-refractivity contribution in [2.45, 2.75) is 32.7 Å². The van der Waals surface area contributed by atoms with Crippen molar-refractivity contribution in [3.05, 3.63) is 53.3 Å². The quantitative estimate of drug-likeness (QED) is 0.582. The SMILES string of the molecule is CC(=O)CCCCn1cc(NC(=O)C=Cc2ccccc2Cl)cn1. The van der Waals surface area contributed by atoms with E-state index in [0.29, 0.717) is 17.1 Å². The first-order valence-corrected chi connectivity index (χ1v) is 8.18. The lowest BCUT2D eigenvalue weighted by atomic mass is 10.2. The number of nitrogens with zero attached hydrogens (tertiary/aromatic N) is 2. The van der Waals surface area contributed by atoms with Crippen LogP contribution in [0.4, 0.5) is 5.69 Å². The normalized spacial score (nSPS) is 10.9. The number of benzene rings is 1. The van der Waals surface area contributed by atoms with Gasteiger partial charge in [-0.15, -0.1) is 0 Å². The van der Waals surface area contributed by atoms with Crippen LogP contribution in [0.5, 0.6) is 0 Å². The lowest BCUT2D eigenvalue weighted by molar-refractivity contribution is -0.117. The summed E-state index contributed by atoms with van der Waals surface area (Å²) in [6.45, 7) is 2.32. The number of ketones is 1. The van der Waals surface area contributed by atoms with E-state index < -0.39 is 0 Å². The van der Waals surface area contributed by atoms with Gasteiger partial charge in [-0.1, -0.05) is 29.8 Å². The number of nitrogens with one attached hydrogen (secondary N) is 1. The van der Waals surface area contributed by atoms with Crippen LogP contribution in [0, 0.1) is 0 Å². The number of halogens is 1. The van der Waals surface area contributed by atoms with Gasteiger partial charge in [0.1, 0.15) is 5.78 Å². The summed E-state index contributed by atoms with van der Waals surface area (Å²) in [7, 11) is 0. The van der Waals surface area contributed by atoms with E-state index in [1.165, 1.54) is 6.08 Å². The van der Waals surface area contributed by atoms with E-state index in [1.54, 1.807) is 36.1 Å². The van der Waals surface area contributed by atoms with E-state index in [2.05, 4.69) is 10.4 Å². The van der Waals surface area contributed by atoms with Crippen molar-refractivity contribution in [3.8, 4) is 0 Å². The minimum atomic E-state index is -0.244. The van der Waals surface area contributed by atoms with Gasteiger partial charge in [0.25, 0.3) is 0 Å². The monoisotopic (exact) mass is 345 g/mol. The average Bonchev–Trinajstić information content (AvgIpc) is 2.98. The summed E-state index contributed by atoms with van der Waals surface area (Å²) in [6, 6.07) is 7.31. The van der Waals surface area contributed by atoms with Gasteiger partial charge in [0.15, 0.2) is 0 Å². The minimum Gasteiger partial charge on any atom is -0.320 e. The Hall–Kier alpha value is -2.40. The Kier molecular flexibility index (Phi) is 6.75. The highest BCUT2D eigenvalue weighted by Crippen LogP contribution is 2.16. The third-order valence-electron chi connectivity index (χ3n) is 3.39. The zero-order valence-electron chi connectivity index (χ0n) is 13.5. The molecule has 24 heavy (non-hydrogen) atoms. The van der Waals surface area contributed by atoms with Crippen molar-refractivity contribution < 1.29 is 9.59 Å². The van der Waals surface area contributed by atoms with Crippen molar-refractivity contribution >= 4 is 35.1 Å². The molecule has 0 saturated heterocycles. The van der Waals surface area contributed by atoms with Crippen LogP contribution >= 0.6 is 11.6 Å². The van der Waals surface area contributed by atoms with Crippen molar-refractivity contribution in [2.75, 3.05) is 5.32 Å². The predicted octanol–water partition coefficient (Wildman–Crippen LogP) is 3.95. The van der Waals surface area contributed by atoms with Crippen LogP contribution in [-0.4, -0.2) is 21.5 Å². The van der Waals surface area contributed by atoms with Crippen molar-refractivity contribution in [3.63, 3.8) is 0 Å². The molecule has 0 bridgehead atoms. The standard InChI is InChI=1S/C18H20ClN3O2/c1-14(23)6-4-5-11-22-13-16(12-20-22)21-18(24)10-9-15-7-2-3-8-17(15)19/h2-3,7-10,12-13H,4-6,11H2,1H3,(H,21,24). The maximum absolute atomic E-state index is 11.9. The third kappa shape index (κ3) is 6.01. The molecule has 5 nitrogen and oxygen atoms in total. The molecule has 0 fully saturated rings. The number of aryl methyl sites for hydroxylation is 1. The zero-order valence-corrected chi connectivity index (χ0v) is 14.3. The number of Topliss-reactive ketones (excluding diaryl/α,β-unsaturated/α-hetero) is 1. The van der Waals surface area contributed by atoms with Crippen molar-refractivity contribution in [1.82, 2.24) is 9.78 Å². The molecule has 0 spiro atoms. The summed E-state index contributed by atoms with van der Waals surface area (Å²) >= 11 is 6.03. The van der Waals surface area contributed by atoms with Crippen LogP contribution < -0.4 is 5.32 Å². The Labute approximate surface area is 146 Å². The number of unbranched alkanes of at least 4 members (excludes halogenated alkanes) is 1. The molecule has 6 heteroatoms. The van der Waals surface area contributed by atoms with Crippen LogP contribution in [0.2, 0.25) is 5.02 Å². The van der Waals surface area contributed by atoms with Gasteiger partial charge in [-0.05, 0) is 37.5 Å². The van der Waals surface area contributed by atoms with E-state index in [9.17, 15) is 9.59 Å². The Bertz CT molecular complexity index is 737. The molecule has 0 aliphatic carbocycles. The number of amides is 1. The van der Waals surface area contributed by atoms with Gasteiger partial charge in [0.2, 0.25) is 5.91 Å². The molecule has 1 aromatic carbocycles. The lowest BCUT2D eigenvalue weighted by Crippen LogP contribution is -2.07. The van der Waals surface area contributed by atoms with Gasteiger partial charge in [-0.25, -0.2) is 0 Å². The summed E-state index contributed by atoms with van der Waals surface area (Å²) in [5.74, 6) is -0.0419. The molecular weight excluding hydrogens is 326 g/mol. The van der Waals surface area contributed by atoms with Crippen LogP contribution in [0.3, 0.4) is 0 Å². The number of carbonyl (C=O) groups excluding carboxylic acids is 2. The van der Waals surface area contributed by atoms with Crippen LogP contribution in [0.1, 0.15) is 31.7 Å². The summed E-state index contributed by atoms with van der Waals surface area (Å²) in [4.78, 5) is 22.8. The van der Waals surface area contributed by atoms with Gasteiger partial charge in [0.05, 0.1) is 11.9 Å². The Morgan fingerprint density at radius 1 is 1.29 bits per heavy atom. The van der Waals surface area contributed by atoms with E-state index in [-0.39, 0.29) is 11.7 Å². The molecule has 0 unspecified atom stereocenters. The lowest BCUT2D eigenvalue weighted by Gasteiger charge is -2.00. The first kappa shape index (κ1) is 17.9. The smallest absolute Gasteiger partial charge is 0.248 e. The first-order chi connectivity index (χ1) is 11.5. The van der Waals surface area contributed by atoms with E-state index in [0.717, 1.165) is 24.9 Å². The number of rotatable bonds is 8. The van der Waals surface area contributed by atoms with Gasteiger partial charge in [-0.2, -0.15) is 5.10 Å². The van der Waals surface area contributed by atoms with E-state index in [1.807, 2.05) is 18.2 Å². The van der Waals surface area contributed by atoms with Crippen LogP contribution in [0.25, 0.3) is 6.08 Å². The summed E-state index contributed by atoms with van der Waals surface area (Å²) < 4.78 is 1.76. The molecule has 126 valence electrons. The van der Waals surface area contributed by atoms with E-state index in [4.69, 9.17) is 11.6 Å². The number of carbonyl (C=O) groups is 2. The number of anilines is 1. The number of hydrogen-bond acceptors (Lipinski definition) is 3. The molecule has 0 atom stereocenters. The second-order valence-corrected chi connectivity index (χ2v) is 5.90. The highest BCUT2D eigenvalue weighted by atomic mass is 35.5. The summed E-state index contributed by atoms with van der Waals surface area (Å²) in [6.07, 6.45) is 8.80. The number of aromatic nitrogens is 2. The van der Waals surface area contributed by atoms with Gasteiger partial charge in [0, 0.05) is 30.3 Å². The highest BCUT2D eigenvalue weighted by molar-refractivity contribution is 6.32. The first-order valence-electron chi connectivity index (χ1n) is 7.80. The topological polar surface area (TPSA) is 64.0 Å². The molecule has 0 aliphatic heterocycles. The van der Waals surface area contributed by atoms with Gasteiger partial charge in [-0.3, -0.25) is 9.48 Å². The summed E-state index contributed by atoms with van der Waals surface area (Å²) in [5.41, 5.74) is 1.42.